The van der Waals surface area contributed by atoms with Gasteiger partial charge in [0.05, 0.1) is 0 Å². The number of aliphatic carboxylic acids is 1. The van der Waals surface area contributed by atoms with E-state index in [4.69, 9.17) is 10.2 Å². The van der Waals surface area contributed by atoms with Gasteiger partial charge in [0.15, 0.2) is 6.10 Å². The van der Waals surface area contributed by atoms with Gasteiger partial charge in [-0.2, -0.15) is 0 Å². The third-order valence-corrected chi connectivity index (χ3v) is 4.12. The van der Waals surface area contributed by atoms with Crippen molar-refractivity contribution in [3.8, 4) is 0 Å². The molecule has 1 atom stereocenters. The van der Waals surface area contributed by atoms with Crippen molar-refractivity contribution in [2.24, 2.45) is 0 Å². The van der Waals surface area contributed by atoms with Crippen LogP contribution in [0.15, 0.2) is 0 Å². The summed E-state index contributed by atoms with van der Waals surface area (Å²) in [5, 5.41) is 17.7. The van der Waals surface area contributed by atoms with Crippen LogP contribution in [0.4, 0.5) is 0 Å². The van der Waals surface area contributed by atoms with Gasteiger partial charge < -0.3 is 10.2 Å². The van der Waals surface area contributed by atoms with Gasteiger partial charge in [-0.3, -0.25) is 0 Å². The predicted octanol–water partition coefficient (Wildman–Crippen LogP) is 2.31. The van der Waals surface area contributed by atoms with E-state index >= 15 is 0 Å². The zero-order chi connectivity index (χ0) is 15.8. The fourth-order valence-corrected chi connectivity index (χ4v) is 2.66. The first-order chi connectivity index (χ1) is 10.2. The first-order valence-corrected chi connectivity index (χ1v) is 9.09. The summed E-state index contributed by atoms with van der Waals surface area (Å²) in [5.41, 5.74) is 0. The summed E-state index contributed by atoms with van der Waals surface area (Å²) in [6.45, 7) is 2.26. The van der Waals surface area contributed by atoms with Gasteiger partial charge in [0.1, 0.15) is 0 Å². The van der Waals surface area contributed by atoms with E-state index in [0.29, 0.717) is 6.42 Å². The van der Waals surface area contributed by atoms with Gasteiger partial charge in [-0.15, -0.1) is 0 Å². The van der Waals surface area contributed by atoms with Gasteiger partial charge in [0, 0.05) is 0 Å². The SMILES string of the molecule is CCCCCCCCCCCCCCCCC(O)C(=O)O.[Li+]. The number of aliphatic hydroxyl groups excluding tert-OH is 1. The minimum Gasteiger partial charge on any atom is -0.479 e. The van der Waals surface area contributed by atoms with Crippen molar-refractivity contribution in [1.29, 1.82) is 0 Å². The van der Waals surface area contributed by atoms with Crippen LogP contribution in [0.25, 0.3) is 0 Å². The van der Waals surface area contributed by atoms with Crippen molar-refractivity contribution < 1.29 is 33.9 Å². The molecular formula is C18H36LiO3+. The van der Waals surface area contributed by atoms with E-state index in [-0.39, 0.29) is 18.9 Å². The minimum atomic E-state index is -1.16. The second kappa shape index (κ2) is 19.1. The van der Waals surface area contributed by atoms with Crippen LogP contribution in [0.5, 0.6) is 0 Å². The Morgan fingerprint density at radius 2 is 1.05 bits per heavy atom. The van der Waals surface area contributed by atoms with Gasteiger partial charge >= 0.3 is 24.8 Å². The smallest absolute Gasteiger partial charge is 0.479 e. The molecule has 0 bridgehead atoms. The van der Waals surface area contributed by atoms with Crippen LogP contribution >= 0.6 is 0 Å². The van der Waals surface area contributed by atoms with Crippen molar-refractivity contribution in [2.45, 2.75) is 109 Å². The molecule has 0 rings (SSSR count). The van der Waals surface area contributed by atoms with Crippen LogP contribution in [-0.2, 0) is 4.79 Å². The van der Waals surface area contributed by atoms with E-state index in [2.05, 4.69) is 6.92 Å². The molecule has 0 aliphatic rings. The summed E-state index contributed by atoms with van der Waals surface area (Å²) in [6.07, 6.45) is 17.3. The molecule has 0 spiro atoms. The summed E-state index contributed by atoms with van der Waals surface area (Å²) in [5.74, 6) is -1.09. The van der Waals surface area contributed by atoms with E-state index in [1.54, 1.807) is 0 Å². The molecule has 0 amide bonds. The monoisotopic (exact) mass is 307 g/mol. The Balaban J connectivity index is 0. The molecule has 126 valence electrons. The van der Waals surface area contributed by atoms with Crippen LogP contribution in [0.2, 0.25) is 0 Å². The number of carbonyl (C=O) groups is 1. The van der Waals surface area contributed by atoms with E-state index in [1.165, 1.54) is 77.0 Å². The molecular weight excluding hydrogens is 271 g/mol. The Morgan fingerprint density at radius 1 is 0.727 bits per heavy atom. The molecule has 0 saturated carbocycles. The number of carboxylic acids is 1. The molecule has 0 heterocycles. The maximum absolute atomic E-state index is 10.4. The van der Waals surface area contributed by atoms with Gasteiger partial charge in [0.2, 0.25) is 0 Å². The van der Waals surface area contributed by atoms with Crippen LogP contribution < -0.4 is 18.9 Å². The summed E-state index contributed by atoms with van der Waals surface area (Å²) >= 11 is 0. The van der Waals surface area contributed by atoms with Crippen molar-refractivity contribution in [3.63, 3.8) is 0 Å². The van der Waals surface area contributed by atoms with Gasteiger partial charge in [-0.05, 0) is 6.42 Å². The number of hydrogen-bond acceptors (Lipinski definition) is 2. The number of rotatable bonds is 16. The van der Waals surface area contributed by atoms with Crippen LogP contribution in [0.3, 0.4) is 0 Å². The topological polar surface area (TPSA) is 57.5 Å². The van der Waals surface area contributed by atoms with Crippen molar-refractivity contribution in [1.82, 2.24) is 0 Å². The first-order valence-electron chi connectivity index (χ1n) is 9.09. The predicted molar refractivity (Wildman–Crippen MR) is 88.6 cm³/mol. The van der Waals surface area contributed by atoms with E-state index < -0.39 is 12.1 Å². The van der Waals surface area contributed by atoms with E-state index in [9.17, 15) is 4.79 Å². The molecule has 0 aromatic rings. The second-order valence-corrected chi connectivity index (χ2v) is 6.24. The van der Waals surface area contributed by atoms with Gasteiger partial charge in [-0.25, -0.2) is 4.79 Å². The largest absolute Gasteiger partial charge is 1.00 e. The Kier molecular flexibility index (Phi) is 21.1. The summed E-state index contributed by atoms with van der Waals surface area (Å²) in [7, 11) is 0. The number of aliphatic hydroxyl groups is 1. The normalized spacial score (nSPS) is 11.9. The van der Waals surface area contributed by atoms with Crippen molar-refractivity contribution >= 4 is 5.97 Å². The quantitative estimate of drug-likeness (QED) is 0.340. The van der Waals surface area contributed by atoms with E-state index in [0.717, 1.165) is 12.8 Å². The molecule has 0 fully saturated rings. The molecule has 4 heteroatoms. The third kappa shape index (κ3) is 18.1. The molecule has 0 aliphatic heterocycles. The Hall–Kier alpha value is 0.0274. The summed E-state index contributed by atoms with van der Waals surface area (Å²) in [4.78, 5) is 10.4. The molecule has 2 N–H and O–H groups in total. The standard InChI is InChI=1S/C18H36O3.Li/c1-2-3-4-5-6-7-8-9-10-11-12-13-14-15-16-17(19)18(20)21;/h17,19H,2-16H2,1H3,(H,20,21);/q;+1. The molecule has 1 unspecified atom stereocenters. The average Bonchev–Trinajstić information content (AvgIpc) is 2.47. The maximum Gasteiger partial charge on any atom is 1.00 e. The fourth-order valence-electron chi connectivity index (χ4n) is 2.66. The molecule has 0 radical (unpaired) electrons. The summed E-state index contributed by atoms with van der Waals surface area (Å²) in [6, 6.07) is 0. The average molecular weight is 307 g/mol. The van der Waals surface area contributed by atoms with Crippen LogP contribution in [0.1, 0.15) is 103 Å². The Labute approximate surface area is 149 Å². The van der Waals surface area contributed by atoms with Crippen molar-refractivity contribution in [2.75, 3.05) is 0 Å². The fraction of sp³-hybridized carbons (Fsp3) is 0.944. The van der Waals surface area contributed by atoms with Crippen LogP contribution in [-0.4, -0.2) is 22.3 Å². The molecule has 0 aromatic carbocycles. The van der Waals surface area contributed by atoms with Crippen LogP contribution in [0, 0.1) is 0 Å². The molecule has 3 nitrogen and oxygen atoms in total. The first kappa shape index (κ1) is 24.3. The zero-order valence-corrected chi connectivity index (χ0v) is 15.0. The van der Waals surface area contributed by atoms with Gasteiger partial charge in [0.25, 0.3) is 0 Å². The van der Waals surface area contributed by atoms with Gasteiger partial charge in [-0.1, -0.05) is 96.8 Å². The molecule has 0 saturated heterocycles. The zero-order valence-electron chi connectivity index (χ0n) is 15.0. The number of unbranched alkanes of at least 4 members (excludes halogenated alkanes) is 13. The number of hydrogen-bond donors (Lipinski definition) is 2. The molecule has 22 heavy (non-hydrogen) atoms. The Morgan fingerprint density at radius 3 is 1.36 bits per heavy atom. The second-order valence-electron chi connectivity index (χ2n) is 6.24. The van der Waals surface area contributed by atoms with E-state index in [1.807, 2.05) is 0 Å². The molecule has 0 aliphatic carbocycles. The maximum atomic E-state index is 10.4. The number of carboxylic acid groups (broad SMARTS) is 1. The Bertz CT molecular complexity index is 234. The minimum absolute atomic E-state index is 0. The summed E-state index contributed by atoms with van der Waals surface area (Å²) < 4.78 is 0. The molecule has 0 aromatic heterocycles. The third-order valence-electron chi connectivity index (χ3n) is 4.12. The van der Waals surface area contributed by atoms with Crippen molar-refractivity contribution in [3.05, 3.63) is 0 Å².